The van der Waals surface area contributed by atoms with Crippen molar-refractivity contribution in [2.24, 2.45) is 5.41 Å². The molecule has 2 aliphatic heterocycles. The maximum atomic E-state index is 13.1. The van der Waals surface area contributed by atoms with Gasteiger partial charge in [-0.1, -0.05) is 24.4 Å². The van der Waals surface area contributed by atoms with Crippen LogP contribution in [0.4, 0.5) is 0 Å². The van der Waals surface area contributed by atoms with E-state index in [-0.39, 0.29) is 5.41 Å². The van der Waals surface area contributed by atoms with Crippen LogP contribution in [0.15, 0.2) is 10.6 Å². The van der Waals surface area contributed by atoms with Crippen LogP contribution < -0.4 is 0 Å². The summed E-state index contributed by atoms with van der Waals surface area (Å²) in [5.74, 6) is 1.86. The Morgan fingerprint density at radius 3 is 2.89 bits per heavy atom. The lowest BCUT2D eigenvalue weighted by Gasteiger charge is -2.39. The summed E-state index contributed by atoms with van der Waals surface area (Å²) in [5.41, 5.74) is 0.941. The van der Waals surface area contributed by atoms with Crippen LogP contribution in [0.25, 0.3) is 0 Å². The molecule has 3 fully saturated rings. The van der Waals surface area contributed by atoms with Gasteiger partial charge >= 0.3 is 0 Å². The van der Waals surface area contributed by atoms with Crippen molar-refractivity contribution in [3.63, 3.8) is 0 Å². The smallest absolute Gasteiger partial charge is 0.230 e. The second kappa shape index (κ2) is 8.31. The summed E-state index contributed by atoms with van der Waals surface area (Å²) < 4.78 is 10.8. The molecule has 6 nitrogen and oxygen atoms in total. The summed E-state index contributed by atoms with van der Waals surface area (Å²) in [7, 11) is 1.69. The van der Waals surface area contributed by atoms with E-state index in [0.717, 1.165) is 56.9 Å². The van der Waals surface area contributed by atoms with Crippen LogP contribution in [0.5, 0.6) is 0 Å². The molecule has 1 atom stereocenters. The Labute approximate surface area is 162 Å². The molecule has 0 bridgehead atoms. The van der Waals surface area contributed by atoms with Crippen LogP contribution >= 0.6 is 0 Å². The topological polar surface area (TPSA) is 58.8 Å². The molecule has 150 valence electrons. The first-order chi connectivity index (χ1) is 13.2. The van der Waals surface area contributed by atoms with Crippen LogP contribution in [0.3, 0.4) is 0 Å². The number of methoxy groups -OCH3 is 1. The quantitative estimate of drug-likeness (QED) is 0.764. The van der Waals surface area contributed by atoms with Crippen molar-refractivity contribution < 1.29 is 14.1 Å². The molecule has 0 N–H and O–H groups in total. The fourth-order valence-corrected chi connectivity index (χ4v) is 5.25. The number of rotatable bonds is 6. The Hall–Kier alpha value is -1.40. The molecule has 27 heavy (non-hydrogen) atoms. The normalized spacial score (nSPS) is 27.7. The maximum Gasteiger partial charge on any atom is 0.230 e. The minimum absolute atomic E-state index is 0.196. The van der Waals surface area contributed by atoms with Crippen LogP contribution in [0.2, 0.25) is 0 Å². The number of amides is 1. The molecule has 1 saturated carbocycles. The number of carbonyl (C=O) groups excluding carboxylic acids is 1. The first-order valence-corrected chi connectivity index (χ1v) is 10.7. The second-order valence-electron chi connectivity index (χ2n) is 8.68. The first kappa shape index (κ1) is 18.9. The van der Waals surface area contributed by atoms with Gasteiger partial charge in [0, 0.05) is 38.7 Å². The van der Waals surface area contributed by atoms with Crippen molar-refractivity contribution in [2.45, 2.75) is 63.8 Å². The molecule has 3 aliphatic rings. The van der Waals surface area contributed by atoms with Crippen molar-refractivity contribution in [3.05, 3.63) is 17.5 Å². The molecule has 0 radical (unpaired) electrons. The first-order valence-electron chi connectivity index (χ1n) is 10.7. The number of nitrogens with zero attached hydrogens (tertiary/aromatic N) is 3. The van der Waals surface area contributed by atoms with Crippen molar-refractivity contribution in [1.82, 2.24) is 15.0 Å². The summed E-state index contributed by atoms with van der Waals surface area (Å²) >= 11 is 0. The highest BCUT2D eigenvalue weighted by Crippen LogP contribution is 2.40. The SMILES string of the molecule is COCCN1CCCC2(CCN(Cc3cc(C4CCCCC4)no3)C2)C1=O. The molecule has 0 aromatic carbocycles. The van der Waals surface area contributed by atoms with E-state index in [4.69, 9.17) is 9.26 Å². The maximum absolute atomic E-state index is 13.1. The van der Waals surface area contributed by atoms with Crippen LogP contribution in [-0.4, -0.2) is 60.8 Å². The average Bonchev–Trinajstić information content (AvgIpc) is 3.32. The van der Waals surface area contributed by atoms with Crippen molar-refractivity contribution in [3.8, 4) is 0 Å². The number of aromatic nitrogens is 1. The fraction of sp³-hybridized carbons (Fsp3) is 0.810. The Morgan fingerprint density at radius 2 is 2.07 bits per heavy atom. The highest BCUT2D eigenvalue weighted by molar-refractivity contribution is 5.84. The van der Waals surface area contributed by atoms with Gasteiger partial charge in [-0.25, -0.2) is 0 Å². The summed E-state index contributed by atoms with van der Waals surface area (Å²) in [4.78, 5) is 17.5. The zero-order valence-corrected chi connectivity index (χ0v) is 16.6. The molecule has 6 heteroatoms. The van der Waals surface area contributed by atoms with E-state index in [2.05, 4.69) is 16.1 Å². The van der Waals surface area contributed by atoms with Crippen LogP contribution in [-0.2, 0) is 16.1 Å². The van der Waals surface area contributed by atoms with E-state index in [1.165, 1.54) is 32.1 Å². The molecule has 1 unspecified atom stereocenters. The van der Waals surface area contributed by atoms with Gasteiger partial charge in [0.25, 0.3) is 0 Å². The standard InChI is InChI=1S/C21H33N3O3/c1-26-13-12-24-10-5-8-21(20(24)25)9-11-23(16-21)15-18-14-19(22-27-18)17-6-3-2-4-7-17/h14,17H,2-13,15-16H2,1H3. The van der Waals surface area contributed by atoms with Gasteiger partial charge in [0.2, 0.25) is 5.91 Å². The van der Waals surface area contributed by atoms with E-state index in [1.54, 1.807) is 7.11 Å². The molecule has 1 aromatic heterocycles. The average molecular weight is 376 g/mol. The van der Waals surface area contributed by atoms with E-state index in [9.17, 15) is 4.79 Å². The number of hydrogen-bond acceptors (Lipinski definition) is 5. The van der Waals surface area contributed by atoms with Crippen LogP contribution in [0, 0.1) is 5.41 Å². The Bertz CT molecular complexity index is 640. The number of carbonyl (C=O) groups is 1. The molecule has 1 spiro atoms. The highest BCUT2D eigenvalue weighted by Gasteiger charge is 2.48. The Morgan fingerprint density at radius 1 is 1.22 bits per heavy atom. The van der Waals surface area contributed by atoms with Gasteiger partial charge in [0.15, 0.2) is 5.76 Å². The zero-order chi connectivity index (χ0) is 18.7. The molecule has 2 saturated heterocycles. The lowest BCUT2D eigenvalue weighted by molar-refractivity contribution is -0.146. The van der Waals surface area contributed by atoms with Gasteiger partial charge in [0.1, 0.15) is 0 Å². The molecule has 4 rings (SSSR count). The summed E-state index contributed by atoms with van der Waals surface area (Å²) in [6, 6.07) is 2.16. The van der Waals surface area contributed by atoms with E-state index >= 15 is 0 Å². The minimum atomic E-state index is -0.196. The number of ether oxygens (including phenoxy) is 1. The van der Waals surface area contributed by atoms with Crippen molar-refractivity contribution in [1.29, 1.82) is 0 Å². The third-order valence-electron chi connectivity index (χ3n) is 6.80. The second-order valence-corrected chi connectivity index (χ2v) is 8.68. The monoisotopic (exact) mass is 375 g/mol. The molecular weight excluding hydrogens is 342 g/mol. The third-order valence-corrected chi connectivity index (χ3v) is 6.80. The number of hydrogen-bond donors (Lipinski definition) is 0. The van der Waals surface area contributed by atoms with Crippen LogP contribution in [0.1, 0.15) is 68.7 Å². The van der Waals surface area contributed by atoms with E-state index in [1.807, 2.05) is 4.90 Å². The van der Waals surface area contributed by atoms with E-state index in [0.29, 0.717) is 25.0 Å². The molecule has 1 amide bonds. The highest BCUT2D eigenvalue weighted by atomic mass is 16.5. The Kier molecular flexibility index (Phi) is 5.83. The van der Waals surface area contributed by atoms with Gasteiger partial charge in [-0.05, 0) is 38.6 Å². The fourth-order valence-electron chi connectivity index (χ4n) is 5.25. The van der Waals surface area contributed by atoms with Gasteiger partial charge in [-0.2, -0.15) is 0 Å². The van der Waals surface area contributed by atoms with Crippen molar-refractivity contribution in [2.75, 3.05) is 39.9 Å². The van der Waals surface area contributed by atoms with Gasteiger partial charge in [-0.3, -0.25) is 9.69 Å². The molecule has 3 heterocycles. The summed E-state index contributed by atoms with van der Waals surface area (Å²) in [5, 5.41) is 4.36. The number of piperidine rings is 1. The van der Waals surface area contributed by atoms with Gasteiger partial charge in [0.05, 0.1) is 24.3 Å². The zero-order valence-electron chi connectivity index (χ0n) is 16.6. The predicted octanol–water partition coefficient (Wildman–Crippen LogP) is 3.18. The number of likely N-dealkylation sites (tertiary alicyclic amines) is 2. The van der Waals surface area contributed by atoms with E-state index < -0.39 is 0 Å². The Balaban J connectivity index is 1.35. The lowest BCUT2D eigenvalue weighted by Crippen LogP contribution is -2.50. The predicted molar refractivity (Wildman–Crippen MR) is 102 cm³/mol. The van der Waals surface area contributed by atoms with Gasteiger partial charge < -0.3 is 14.2 Å². The largest absolute Gasteiger partial charge is 0.383 e. The van der Waals surface area contributed by atoms with Gasteiger partial charge in [-0.15, -0.1) is 0 Å². The minimum Gasteiger partial charge on any atom is -0.383 e. The van der Waals surface area contributed by atoms with Crippen molar-refractivity contribution >= 4 is 5.91 Å². The lowest BCUT2D eigenvalue weighted by atomic mass is 9.78. The summed E-state index contributed by atoms with van der Waals surface area (Å²) in [6.45, 7) is 4.78. The molecule has 1 aliphatic carbocycles. The molecular formula is C21H33N3O3. The summed E-state index contributed by atoms with van der Waals surface area (Å²) in [6.07, 6.45) is 9.51. The third kappa shape index (κ3) is 4.06. The molecule has 1 aromatic rings.